The molecule has 0 aliphatic carbocycles. The van der Waals surface area contributed by atoms with Crippen LogP contribution in [0, 0.1) is 0 Å². The summed E-state index contributed by atoms with van der Waals surface area (Å²) in [5, 5.41) is 24.2. The van der Waals surface area contributed by atoms with Crippen LogP contribution in [0.2, 0.25) is 0 Å². The van der Waals surface area contributed by atoms with Gasteiger partial charge in [-0.25, -0.2) is 13.6 Å². The number of carbonyl (C=O) groups is 5. The zero-order valence-electron chi connectivity index (χ0n) is 28.0. The molecule has 15 N–H and O–H groups in total. The van der Waals surface area contributed by atoms with Crippen molar-refractivity contribution in [2.45, 2.75) is 42.7 Å². The third-order valence-corrected chi connectivity index (χ3v) is 8.33. The van der Waals surface area contributed by atoms with Gasteiger partial charge in [-0.3, -0.25) is 29.0 Å². The lowest BCUT2D eigenvalue weighted by molar-refractivity contribution is -0.138. The molecule has 0 saturated carbocycles. The van der Waals surface area contributed by atoms with Gasteiger partial charge in [0.05, 0.1) is 17.0 Å². The molecule has 2 atom stereocenters. The number of aliphatic imine (C=N–C) groups is 1. The molecule has 0 aromatic heterocycles. The molecule has 3 aromatic rings. The van der Waals surface area contributed by atoms with E-state index in [4.69, 9.17) is 33.2 Å². The molecule has 0 heterocycles. The highest BCUT2D eigenvalue weighted by Crippen LogP contribution is 2.19. The Morgan fingerprint density at radius 3 is 1.96 bits per heavy atom. The summed E-state index contributed by atoms with van der Waals surface area (Å²) in [6.07, 6.45) is 1.14. The van der Waals surface area contributed by atoms with Crippen molar-refractivity contribution in [1.82, 2.24) is 10.6 Å². The van der Waals surface area contributed by atoms with Gasteiger partial charge in [-0.2, -0.15) is 0 Å². The van der Waals surface area contributed by atoms with Crippen molar-refractivity contribution in [3.05, 3.63) is 89.0 Å². The summed E-state index contributed by atoms with van der Waals surface area (Å²) in [4.78, 5) is 66.0. The topological polar surface area (TPSA) is 330 Å². The van der Waals surface area contributed by atoms with Crippen LogP contribution < -0.4 is 49.3 Å². The largest absolute Gasteiger partial charge is 0.480 e. The number of rotatable bonds is 18. The SMILES string of the molecule is NC(N)=NCCCC(N)C(=O)Nc1cc(C(=O)NCCc2ccc(S(N)(=O)=O)cc2)cc(C(=O)Nc2ccc(CC(N)C(=O)NCC(=O)O)cc2)c1. The standard InChI is InChI=1S/C33H42N10O8S/c34-26(2-1-12-40-33(36)37)32(49)43-24-16-21(29(46)39-13-11-19-5-9-25(10-6-19)52(38,50)51)15-22(17-24)30(47)42-23-7-3-20(4-8-23)14-27(35)31(48)41-18-28(44)45/h3-10,15-17,26-27H,1-2,11-14,18,34-35H2,(H,39,46)(H,41,48)(H,42,47)(H,43,49)(H,44,45)(H4,36,37,40)(H2,38,50,51). The number of aliphatic carboxylic acids is 1. The highest BCUT2D eigenvalue weighted by molar-refractivity contribution is 7.89. The number of hydrogen-bond donors (Lipinski definition) is 10. The number of nitrogens with two attached hydrogens (primary N) is 5. The summed E-state index contributed by atoms with van der Waals surface area (Å²) >= 11 is 0. The third kappa shape index (κ3) is 13.4. The summed E-state index contributed by atoms with van der Waals surface area (Å²) in [6, 6.07) is 14.5. The minimum absolute atomic E-state index is 0.0315. The third-order valence-electron chi connectivity index (χ3n) is 7.40. The molecule has 0 spiro atoms. The van der Waals surface area contributed by atoms with E-state index in [9.17, 15) is 32.4 Å². The number of anilines is 2. The Morgan fingerprint density at radius 1 is 0.750 bits per heavy atom. The van der Waals surface area contributed by atoms with Crippen molar-refractivity contribution in [2.75, 3.05) is 30.3 Å². The van der Waals surface area contributed by atoms with Crippen molar-refractivity contribution in [2.24, 2.45) is 33.1 Å². The van der Waals surface area contributed by atoms with Gasteiger partial charge in [0, 0.05) is 35.6 Å². The molecule has 0 saturated heterocycles. The van der Waals surface area contributed by atoms with Crippen LogP contribution in [-0.4, -0.2) is 80.8 Å². The van der Waals surface area contributed by atoms with Crippen molar-refractivity contribution in [3.8, 4) is 0 Å². The lowest BCUT2D eigenvalue weighted by Gasteiger charge is -2.15. The van der Waals surface area contributed by atoms with Crippen LogP contribution in [0.15, 0.2) is 76.6 Å². The monoisotopic (exact) mass is 738 g/mol. The van der Waals surface area contributed by atoms with Crippen LogP contribution in [0.4, 0.5) is 11.4 Å². The molecule has 3 aromatic carbocycles. The van der Waals surface area contributed by atoms with E-state index in [1.807, 2.05) is 0 Å². The number of amides is 4. The molecule has 0 radical (unpaired) electrons. The number of sulfonamides is 1. The molecule has 0 aliphatic heterocycles. The quantitative estimate of drug-likeness (QED) is 0.0425. The summed E-state index contributed by atoms with van der Waals surface area (Å²) in [5.74, 6) is -3.65. The first kappa shape index (κ1) is 40.5. The number of hydrogen-bond acceptors (Lipinski definition) is 10. The van der Waals surface area contributed by atoms with Crippen LogP contribution in [0.1, 0.15) is 44.7 Å². The zero-order valence-corrected chi connectivity index (χ0v) is 28.8. The number of nitrogens with one attached hydrogen (secondary N) is 4. The smallest absolute Gasteiger partial charge is 0.322 e. The van der Waals surface area contributed by atoms with E-state index in [2.05, 4.69) is 26.3 Å². The van der Waals surface area contributed by atoms with Gasteiger partial charge in [0.25, 0.3) is 11.8 Å². The fraction of sp³-hybridized carbons (Fsp3) is 0.273. The van der Waals surface area contributed by atoms with Crippen molar-refractivity contribution in [1.29, 1.82) is 0 Å². The first-order valence-corrected chi connectivity index (χ1v) is 17.4. The second-order valence-electron chi connectivity index (χ2n) is 11.6. The maximum atomic E-state index is 13.4. The van der Waals surface area contributed by atoms with Gasteiger partial charge in [0.15, 0.2) is 5.96 Å². The molecule has 18 nitrogen and oxygen atoms in total. The first-order valence-electron chi connectivity index (χ1n) is 15.8. The van der Waals surface area contributed by atoms with Crippen molar-refractivity contribution in [3.63, 3.8) is 0 Å². The van der Waals surface area contributed by atoms with Gasteiger partial charge in [0.1, 0.15) is 6.54 Å². The second-order valence-corrected chi connectivity index (χ2v) is 13.2. The number of nitrogens with zero attached hydrogens (tertiary/aromatic N) is 1. The summed E-state index contributed by atoms with van der Waals surface area (Å²) in [6.45, 7) is -0.127. The van der Waals surface area contributed by atoms with E-state index in [0.29, 0.717) is 24.1 Å². The van der Waals surface area contributed by atoms with E-state index < -0.39 is 58.2 Å². The predicted octanol–water partition coefficient (Wildman–Crippen LogP) is -1.05. The minimum atomic E-state index is -3.85. The van der Waals surface area contributed by atoms with E-state index in [0.717, 1.165) is 5.56 Å². The Kier molecular flexibility index (Phi) is 14.7. The minimum Gasteiger partial charge on any atom is -0.480 e. The fourth-order valence-electron chi connectivity index (χ4n) is 4.68. The molecule has 19 heteroatoms. The van der Waals surface area contributed by atoms with Crippen molar-refractivity contribution >= 4 is 57.0 Å². The molecular formula is C33H42N10O8S. The number of benzene rings is 3. The van der Waals surface area contributed by atoms with Gasteiger partial charge in [-0.15, -0.1) is 0 Å². The zero-order chi connectivity index (χ0) is 38.4. The van der Waals surface area contributed by atoms with Crippen LogP contribution in [0.5, 0.6) is 0 Å². The Bertz CT molecular complexity index is 1900. The predicted molar refractivity (Wildman–Crippen MR) is 194 cm³/mol. The van der Waals surface area contributed by atoms with Crippen LogP contribution in [0.25, 0.3) is 0 Å². The number of carboxylic acid groups (broad SMARTS) is 1. The Balaban J connectivity index is 1.74. The van der Waals surface area contributed by atoms with Gasteiger partial charge < -0.3 is 49.3 Å². The van der Waals surface area contributed by atoms with Gasteiger partial charge in [-0.05, 0) is 79.3 Å². The van der Waals surface area contributed by atoms with Crippen molar-refractivity contribution < 1.29 is 37.5 Å². The first-order chi connectivity index (χ1) is 24.5. The highest BCUT2D eigenvalue weighted by atomic mass is 32.2. The maximum absolute atomic E-state index is 13.4. The number of carboxylic acids is 1. The Morgan fingerprint density at radius 2 is 1.37 bits per heavy atom. The van der Waals surface area contributed by atoms with Gasteiger partial charge >= 0.3 is 5.97 Å². The van der Waals surface area contributed by atoms with Gasteiger partial charge in [-0.1, -0.05) is 24.3 Å². The van der Waals surface area contributed by atoms with Crippen LogP contribution in [-0.2, 0) is 37.2 Å². The molecular weight excluding hydrogens is 696 g/mol. The summed E-state index contributed by atoms with van der Waals surface area (Å²) in [7, 11) is -3.85. The number of primary sulfonamides is 1. The molecule has 0 bridgehead atoms. The lowest BCUT2D eigenvalue weighted by atomic mass is 10.0. The lowest BCUT2D eigenvalue weighted by Crippen LogP contribution is -2.43. The Labute approximate surface area is 299 Å². The average Bonchev–Trinajstić information content (AvgIpc) is 3.09. The van der Waals surface area contributed by atoms with Gasteiger partial charge in [0.2, 0.25) is 21.8 Å². The fourth-order valence-corrected chi connectivity index (χ4v) is 5.20. The number of carbonyl (C=O) groups excluding carboxylic acids is 4. The molecule has 3 rings (SSSR count). The van der Waals surface area contributed by atoms with E-state index in [1.165, 1.54) is 30.3 Å². The van der Waals surface area contributed by atoms with E-state index >= 15 is 0 Å². The normalized spacial score (nSPS) is 12.1. The van der Waals surface area contributed by atoms with Crippen LogP contribution in [0.3, 0.4) is 0 Å². The molecule has 52 heavy (non-hydrogen) atoms. The molecule has 0 fully saturated rings. The van der Waals surface area contributed by atoms with Crippen LogP contribution >= 0.6 is 0 Å². The molecule has 4 amide bonds. The number of guanidine groups is 1. The summed E-state index contributed by atoms with van der Waals surface area (Å²) < 4.78 is 23.0. The van der Waals surface area contributed by atoms with E-state index in [1.54, 1.807) is 36.4 Å². The van der Waals surface area contributed by atoms with E-state index in [-0.39, 0.29) is 53.6 Å². The Hall–Kier alpha value is -5.89. The second kappa shape index (κ2) is 18.9. The average molecular weight is 739 g/mol. The maximum Gasteiger partial charge on any atom is 0.322 e. The summed E-state index contributed by atoms with van der Waals surface area (Å²) in [5.41, 5.74) is 24.5. The molecule has 2 unspecified atom stereocenters. The highest BCUT2D eigenvalue weighted by Gasteiger charge is 2.19. The molecule has 0 aliphatic rings. The molecule has 278 valence electrons.